The highest BCUT2D eigenvalue weighted by Crippen LogP contribution is 2.46. The van der Waals surface area contributed by atoms with Crippen molar-refractivity contribution in [2.24, 2.45) is 0 Å². The molecule has 2 aliphatic rings. The average molecular weight is 327 g/mol. The number of ether oxygens (including phenoxy) is 2. The molecule has 0 amide bonds. The molecule has 1 aromatic rings. The number of nitrogens with one attached hydrogen (secondary N) is 1. The van der Waals surface area contributed by atoms with Crippen LogP contribution in [0.3, 0.4) is 0 Å². The Bertz CT molecular complexity index is 569. The van der Waals surface area contributed by atoms with Crippen molar-refractivity contribution in [3.8, 4) is 5.75 Å². The minimum absolute atomic E-state index is 0.156. The van der Waals surface area contributed by atoms with Gasteiger partial charge in [-0.15, -0.1) is 0 Å². The van der Waals surface area contributed by atoms with Gasteiger partial charge in [-0.1, -0.05) is 23.7 Å². The van der Waals surface area contributed by atoms with Crippen LogP contribution in [0.2, 0.25) is 5.02 Å². The maximum Gasteiger partial charge on any atom is 0.184 e. The molecule has 2 unspecified atom stereocenters. The summed E-state index contributed by atoms with van der Waals surface area (Å²) in [6.07, 6.45) is 1.74. The van der Waals surface area contributed by atoms with Crippen LogP contribution in [0.25, 0.3) is 0 Å². The molecule has 114 valence electrons. The fourth-order valence-corrected chi connectivity index (χ4v) is 3.75. The van der Waals surface area contributed by atoms with Crippen LogP contribution < -0.4 is 10.1 Å². The van der Waals surface area contributed by atoms with Crippen molar-refractivity contribution in [2.75, 3.05) is 20.3 Å². The topological polar surface area (TPSA) is 33.7 Å². The van der Waals surface area contributed by atoms with E-state index >= 15 is 0 Å². The second-order valence-electron chi connectivity index (χ2n) is 5.64. The normalized spacial score (nSPS) is 26.9. The molecule has 2 aliphatic heterocycles. The monoisotopic (exact) mass is 326 g/mol. The molecule has 0 aromatic heterocycles. The van der Waals surface area contributed by atoms with E-state index in [-0.39, 0.29) is 6.04 Å². The van der Waals surface area contributed by atoms with Crippen molar-refractivity contribution in [1.29, 1.82) is 0 Å². The molecule has 0 saturated carbocycles. The third-order valence-electron chi connectivity index (χ3n) is 4.12. The number of benzene rings is 1. The predicted molar refractivity (Wildman–Crippen MR) is 86.8 cm³/mol. The van der Waals surface area contributed by atoms with Gasteiger partial charge < -0.3 is 19.7 Å². The van der Waals surface area contributed by atoms with E-state index in [0.717, 1.165) is 35.8 Å². The minimum atomic E-state index is -0.460. The molecule has 1 N–H and O–H groups in total. The summed E-state index contributed by atoms with van der Waals surface area (Å²) in [5.74, 6) is 0.768. The molecule has 2 atom stereocenters. The van der Waals surface area contributed by atoms with Crippen LogP contribution in [-0.4, -0.2) is 36.0 Å². The zero-order chi connectivity index (χ0) is 15.0. The lowest BCUT2D eigenvalue weighted by molar-refractivity contribution is -0.0697. The van der Waals surface area contributed by atoms with Gasteiger partial charge in [-0.05, 0) is 31.6 Å². The SMILES string of the molecule is COCCCN1C(=S)NC2CC1(C)Oc1c(Cl)cccc12. The summed E-state index contributed by atoms with van der Waals surface area (Å²) < 4.78 is 11.4. The van der Waals surface area contributed by atoms with Gasteiger partial charge in [-0.3, -0.25) is 0 Å². The van der Waals surface area contributed by atoms with Gasteiger partial charge in [0.15, 0.2) is 10.8 Å². The van der Waals surface area contributed by atoms with Crippen molar-refractivity contribution < 1.29 is 9.47 Å². The number of hydrogen-bond donors (Lipinski definition) is 1. The van der Waals surface area contributed by atoms with Crippen LogP contribution in [0, 0.1) is 0 Å². The standard InChI is InChI=1S/C15H19ClN2O2S/c1-15-9-12(10-5-3-6-11(16)13(10)20-15)17-14(21)18(15)7-4-8-19-2/h3,5-6,12H,4,7-9H2,1-2H3,(H,17,21). The molecule has 3 rings (SSSR count). The summed E-state index contributed by atoms with van der Waals surface area (Å²) in [4.78, 5) is 2.10. The average Bonchev–Trinajstić information content (AvgIpc) is 2.43. The van der Waals surface area contributed by atoms with Gasteiger partial charge in [-0.25, -0.2) is 0 Å². The molecule has 0 radical (unpaired) electrons. The van der Waals surface area contributed by atoms with Crippen LogP contribution >= 0.6 is 23.8 Å². The fourth-order valence-electron chi connectivity index (χ4n) is 3.10. The number of fused-ring (bicyclic) bond motifs is 4. The Morgan fingerprint density at radius 3 is 3.14 bits per heavy atom. The summed E-state index contributed by atoms with van der Waals surface area (Å²) in [5.41, 5.74) is 0.623. The van der Waals surface area contributed by atoms with E-state index in [1.807, 2.05) is 18.2 Å². The first-order chi connectivity index (χ1) is 10.0. The molecular weight excluding hydrogens is 308 g/mol. The molecule has 2 bridgehead atoms. The van der Waals surface area contributed by atoms with Crippen LogP contribution in [-0.2, 0) is 4.74 Å². The molecule has 1 aromatic carbocycles. The predicted octanol–water partition coefficient (Wildman–Crippen LogP) is 3.11. The number of methoxy groups -OCH3 is 1. The van der Waals surface area contributed by atoms with Crippen LogP contribution in [0.4, 0.5) is 0 Å². The first-order valence-corrected chi connectivity index (χ1v) is 7.88. The third kappa shape index (κ3) is 2.58. The number of nitrogens with zero attached hydrogens (tertiary/aromatic N) is 1. The first-order valence-electron chi connectivity index (χ1n) is 7.09. The van der Waals surface area contributed by atoms with Gasteiger partial charge >= 0.3 is 0 Å². The van der Waals surface area contributed by atoms with E-state index in [1.165, 1.54) is 0 Å². The van der Waals surface area contributed by atoms with Crippen LogP contribution in [0.1, 0.15) is 31.4 Å². The lowest BCUT2D eigenvalue weighted by Crippen LogP contribution is -2.64. The van der Waals surface area contributed by atoms with Gasteiger partial charge in [-0.2, -0.15) is 0 Å². The van der Waals surface area contributed by atoms with Gasteiger partial charge in [0, 0.05) is 32.2 Å². The molecule has 1 saturated heterocycles. The highest BCUT2D eigenvalue weighted by atomic mass is 35.5. The summed E-state index contributed by atoms with van der Waals surface area (Å²) in [6.45, 7) is 3.57. The molecule has 0 spiro atoms. The van der Waals surface area contributed by atoms with Crippen molar-refractivity contribution in [3.63, 3.8) is 0 Å². The minimum Gasteiger partial charge on any atom is -0.466 e. The van der Waals surface area contributed by atoms with Crippen molar-refractivity contribution in [1.82, 2.24) is 10.2 Å². The molecule has 4 nitrogen and oxygen atoms in total. The van der Waals surface area contributed by atoms with Gasteiger partial charge in [0.1, 0.15) is 5.75 Å². The highest BCUT2D eigenvalue weighted by molar-refractivity contribution is 7.80. The highest BCUT2D eigenvalue weighted by Gasteiger charge is 2.47. The quantitative estimate of drug-likeness (QED) is 0.679. The molecule has 6 heteroatoms. The van der Waals surface area contributed by atoms with Crippen molar-refractivity contribution >= 4 is 28.9 Å². The van der Waals surface area contributed by atoms with E-state index in [4.69, 9.17) is 33.3 Å². The second-order valence-corrected chi connectivity index (χ2v) is 6.43. The Labute approximate surface area is 135 Å². The van der Waals surface area contributed by atoms with E-state index in [2.05, 4.69) is 17.1 Å². The van der Waals surface area contributed by atoms with Crippen LogP contribution in [0.5, 0.6) is 5.75 Å². The van der Waals surface area contributed by atoms with E-state index in [9.17, 15) is 0 Å². The van der Waals surface area contributed by atoms with Crippen molar-refractivity contribution in [3.05, 3.63) is 28.8 Å². The first kappa shape index (κ1) is 14.9. The number of rotatable bonds is 4. The molecular formula is C15H19ClN2O2S. The Kier molecular flexibility index (Phi) is 3.99. The zero-order valence-electron chi connectivity index (χ0n) is 12.2. The van der Waals surface area contributed by atoms with Gasteiger partial charge in [0.25, 0.3) is 0 Å². The number of hydrogen-bond acceptors (Lipinski definition) is 3. The van der Waals surface area contributed by atoms with Gasteiger partial charge in [0.2, 0.25) is 0 Å². The number of thiocarbonyl (C=S) groups is 1. The molecule has 21 heavy (non-hydrogen) atoms. The zero-order valence-corrected chi connectivity index (χ0v) is 13.8. The Morgan fingerprint density at radius 1 is 1.57 bits per heavy atom. The summed E-state index contributed by atoms with van der Waals surface area (Å²) in [7, 11) is 1.71. The largest absolute Gasteiger partial charge is 0.466 e. The molecule has 0 aliphatic carbocycles. The van der Waals surface area contributed by atoms with E-state index in [1.54, 1.807) is 7.11 Å². The van der Waals surface area contributed by atoms with E-state index < -0.39 is 5.72 Å². The maximum absolute atomic E-state index is 6.30. The fraction of sp³-hybridized carbons (Fsp3) is 0.533. The smallest absolute Gasteiger partial charge is 0.184 e. The molecule has 2 heterocycles. The lowest BCUT2D eigenvalue weighted by Gasteiger charge is -2.52. The van der Waals surface area contributed by atoms with Crippen molar-refractivity contribution in [2.45, 2.75) is 31.5 Å². The Balaban J connectivity index is 1.91. The number of para-hydroxylation sites is 1. The second kappa shape index (κ2) is 5.63. The Morgan fingerprint density at radius 2 is 2.38 bits per heavy atom. The third-order valence-corrected chi connectivity index (χ3v) is 4.76. The summed E-state index contributed by atoms with van der Waals surface area (Å²) in [5, 5.41) is 4.79. The van der Waals surface area contributed by atoms with E-state index in [0.29, 0.717) is 11.6 Å². The maximum atomic E-state index is 6.30. The summed E-state index contributed by atoms with van der Waals surface area (Å²) in [6, 6.07) is 6.01. The summed E-state index contributed by atoms with van der Waals surface area (Å²) >= 11 is 11.8. The van der Waals surface area contributed by atoms with Crippen LogP contribution in [0.15, 0.2) is 18.2 Å². The Hall–Kier alpha value is -1.04. The lowest BCUT2D eigenvalue weighted by atomic mass is 9.90. The molecule has 1 fully saturated rings. The van der Waals surface area contributed by atoms with Gasteiger partial charge in [0.05, 0.1) is 11.1 Å². The number of halogens is 1.